The lowest BCUT2D eigenvalue weighted by molar-refractivity contribution is -0.157. The standard InChI is InChI=1S/C39H67NO9/c1-3-5-7-8-9-10-11-12-13-14-15-16-20-23-35(32-37(41)40-36(39(43)44)31-34-21-18-17-19-22-34)49-38(42)33-48-30-29-47-28-27-46-26-25-45-24-6-4-2/h17-19,21-22,35-36H,3-16,20,23-33H2,1-2H3,(H,40,41)(H,43,44)/t35?,36-/m0/s1. The molecule has 1 rings (SSSR count). The van der Waals surface area contributed by atoms with Gasteiger partial charge in [-0.15, -0.1) is 0 Å². The lowest BCUT2D eigenvalue weighted by atomic mass is 10.0. The molecule has 282 valence electrons. The average molecular weight is 694 g/mol. The maximum atomic E-state index is 12.9. The lowest BCUT2D eigenvalue weighted by Crippen LogP contribution is -2.43. The van der Waals surface area contributed by atoms with Gasteiger partial charge in [0, 0.05) is 13.0 Å². The Hall–Kier alpha value is -2.53. The molecular formula is C39H67NO9. The highest BCUT2D eigenvalue weighted by atomic mass is 16.6. The maximum absolute atomic E-state index is 12.9. The summed E-state index contributed by atoms with van der Waals surface area (Å²) < 4.78 is 27.5. The molecule has 0 radical (unpaired) electrons. The van der Waals surface area contributed by atoms with Gasteiger partial charge in [-0.1, -0.05) is 128 Å². The average Bonchev–Trinajstić information content (AvgIpc) is 3.09. The fraction of sp³-hybridized carbons (Fsp3) is 0.769. The molecule has 2 N–H and O–H groups in total. The van der Waals surface area contributed by atoms with Crippen LogP contribution >= 0.6 is 0 Å². The van der Waals surface area contributed by atoms with Crippen LogP contribution in [-0.4, -0.2) is 88.0 Å². The molecule has 49 heavy (non-hydrogen) atoms. The molecule has 0 bridgehead atoms. The number of amides is 1. The Bertz CT molecular complexity index is 930. The van der Waals surface area contributed by atoms with Crippen LogP contribution in [0.3, 0.4) is 0 Å². The molecule has 10 nitrogen and oxygen atoms in total. The Morgan fingerprint density at radius 3 is 1.65 bits per heavy atom. The highest BCUT2D eigenvalue weighted by molar-refractivity contribution is 5.84. The molecule has 0 fully saturated rings. The molecule has 0 aliphatic heterocycles. The van der Waals surface area contributed by atoms with Gasteiger partial charge in [0.25, 0.3) is 0 Å². The van der Waals surface area contributed by atoms with E-state index in [1.165, 1.54) is 64.2 Å². The highest BCUT2D eigenvalue weighted by Gasteiger charge is 2.24. The number of carboxylic acid groups (broad SMARTS) is 1. The molecular weight excluding hydrogens is 626 g/mol. The van der Waals surface area contributed by atoms with E-state index in [4.69, 9.17) is 23.7 Å². The fourth-order valence-corrected chi connectivity index (χ4v) is 5.38. The topological polar surface area (TPSA) is 130 Å². The third kappa shape index (κ3) is 27.9. The number of carbonyl (C=O) groups is 3. The summed E-state index contributed by atoms with van der Waals surface area (Å²) in [6.45, 7) is 7.37. The van der Waals surface area contributed by atoms with Gasteiger partial charge in [-0.2, -0.15) is 0 Å². The van der Waals surface area contributed by atoms with Gasteiger partial charge in [0.1, 0.15) is 18.8 Å². The number of nitrogens with one attached hydrogen (secondary N) is 1. The largest absolute Gasteiger partial charge is 0.480 e. The van der Waals surface area contributed by atoms with Gasteiger partial charge in [-0.25, -0.2) is 9.59 Å². The molecule has 1 aromatic carbocycles. The van der Waals surface area contributed by atoms with Crippen molar-refractivity contribution in [3.8, 4) is 0 Å². The Balaban J connectivity index is 2.38. The number of ether oxygens (including phenoxy) is 5. The number of carbonyl (C=O) groups excluding carboxylic acids is 2. The first-order valence-electron chi connectivity index (χ1n) is 19.0. The minimum Gasteiger partial charge on any atom is -0.480 e. The summed E-state index contributed by atoms with van der Waals surface area (Å²) in [5, 5.41) is 12.3. The van der Waals surface area contributed by atoms with Gasteiger partial charge in [0.15, 0.2) is 0 Å². The van der Waals surface area contributed by atoms with E-state index in [0.29, 0.717) is 39.5 Å². The summed E-state index contributed by atoms with van der Waals surface area (Å²) in [5.74, 6) is -2.13. The second kappa shape index (κ2) is 32.7. The molecule has 0 heterocycles. The summed E-state index contributed by atoms with van der Waals surface area (Å²) in [4.78, 5) is 37.4. The molecule has 2 atom stereocenters. The van der Waals surface area contributed by atoms with Crippen molar-refractivity contribution in [2.45, 2.75) is 142 Å². The third-order valence-electron chi connectivity index (χ3n) is 8.23. The zero-order chi connectivity index (χ0) is 35.6. The zero-order valence-electron chi connectivity index (χ0n) is 30.6. The molecule has 0 spiro atoms. The molecule has 1 amide bonds. The van der Waals surface area contributed by atoms with Crippen LogP contribution in [0.1, 0.15) is 129 Å². The van der Waals surface area contributed by atoms with Gasteiger partial charge in [0.2, 0.25) is 5.91 Å². The van der Waals surface area contributed by atoms with E-state index in [1.54, 1.807) is 0 Å². The molecule has 0 saturated carbocycles. The van der Waals surface area contributed by atoms with Crippen molar-refractivity contribution in [1.29, 1.82) is 0 Å². The number of unbranched alkanes of at least 4 members (excludes halogenated alkanes) is 13. The van der Waals surface area contributed by atoms with Crippen LogP contribution in [0.2, 0.25) is 0 Å². The lowest BCUT2D eigenvalue weighted by Gasteiger charge is -2.20. The SMILES string of the molecule is CCCCCCCCCCCCCCCC(CC(=O)N[C@@H](Cc1ccccc1)C(=O)O)OC(=O)COCCOCCOCCOCCCC. The first-order chi connectivity index (χ1) is 24.0. The van der Waals surface area contributed by atoms with Gasteiger partial charge in [-0.3, -0.25) is 4.79 Å². The van der Waals surface area contributed by atoms with E-state index in [1.807, 2.05) is 30.3 Å². The number of aliphatic carboxylic acids is 1. The minimum absolute atomic E-state index is 0.102. The monoisotopic (exact) mass is 693 g/mol. The van der Waals surface area contributed by atoms with E-state index < -0.39 is 30.0 Å². The van der Waals surface area contributed by atoms with Crippen LogP contribution in [0, 0.1) is 0 Å². The summed E-state index contributed by atoms with van der Waals surface area (Å²) >= 11 is 0. The highest BCUT2D eigenvalue weighted by Crippen LogP contribution is 2.16. The quantitative estimate of drug-likeness (QED) is 0.0550. The van der Waals surface area contributed by atoms with Crippen LogP contribution in [0.4, 0.5) is 0 Å². The van der Waals surface area contributed by atoms with Crippen molar-refractivity contribution < 1.29 is 43.2 Å². The van der Waals surface area contributed by atoms with Crippen molar-refractivity contribution in [3.05, 3.63) is 35.9 Å². The van der Waals surface area contributed by atoms with Crippen molar-refractivity contribution in [2.24, 2.45) is 0 Å². The zero-order valence-corrected chi connectivity index (χ0v) is 30.6. The van der Waals surface area contributed by atoms with E-state index in [0.717, 1.165) is 44.3 Å². The molecule has 1 unspecified atom stereocenters. The number of benzene rings is 1. The molecule has 0 aliphatic carbocycles. The number of hydrogen-bond acceptors (Lipinski definition) is 8. The predicted molar refractivity (Wildman–Crippen MR) is 193 cm³/mol. The van der Waals surface area contributed by atoms with Crippen LogP contribution in [0.25, 0.3) is 0 Å². The predicted octanol–water partition coefficient (Wildman–Crippen LogP) is 7.45. The van der Waals surface area contributed by atoms with Crippen molar-refractivity contribution in [3.63, 3.8) is 0 Å². The number of carboxylic acids is 1. The fourth-order valence-electron chi connectivity index (χ4n) is 5.38. The normalized spacial score (nSPS) is 12.4. The molecule has 0 aromatic heterocycles. The number of hydrogen-bond donors (Lipinski definition) is 2. The number of esters is 1. The summed E-state index contributed by atoms with van der Waals surface area (Å²) in [6.07, 6.45) is 18.0. The van der Waals surface area contributed by atoms with E-state index in [9.17, 15) is 19.5 Å². The van der Waals surface area contributed by atoms with Crippen LogP contribution in [0.5, 0.6) is 0 Å². The molecule has 1 aromatic rings. The summed E-state index contributed by atoms with van der Waals surface area (Å²) in [6, 6.07) is 8.09. The second-order valence-electron chi connectivity index (χ2n) is 12.7. The Morgan fingerprint density at radius 1 is 0.633 bits per heavy atom. The first-order valence-corrected chi connectivity index (χ1v) is 19.0. The Kier molecular flexibility index (Phi) is 29.7. The van der Waals surface area contributed by atoms with Crippen LogP contribution in [0.15, 0.2) is 30.3 Å². The van der Waals surface area contributed by atoms with Gasteiger partial charge in [0.05, 0.1) is 46.1 Å². The van der Waals surface area contributed by atoms with Gasteiger partial charge in [-0.05, 0) is 24.8 Å². The minimum atomic E-state index is -1.11. The maximum Gasteiger partial charge on any atom is 0.332 e. The smallest absolute Gasteiger partial charge is 0.332 e. The van der Waals surface area contributed by atoms with E-state index in [2.05, 4.69) is 19.2 Å². The third-order valence-corrected chi connectivity index (χ3v) is 8.23. The van der Waals surface area contributed by atoms with Gasteiger partial charge < -0.3 is 34.1 Å². The number of rotatable bonds is 35. The Morgan fingerprint density at radius 2 is 1.12 bits per heavy atom. The van der Waals surface area contributed by atoms with Crippen molar-refractivity contribution in [2.75, 3.05) is 52.9 Å². The molecule has 10 heteroatoms. The van der Waals surface area contributed by atoms with E-state index >= 15 is 0 Å². The summed E-state index contributed by atoms with van der Waals surface area (Å²) in [7, 11) is 0. The molecule has 0 saturated heterocycles. The van der Waals surface area contributed by atoms with Crippen molar-refractivity contribution >= 4 is 17.8 Å². The van der Waals surface area contributed by atoms with Crippen LogP contribution in [-0.2, 0) is 44.5 Å². The first kappa shape index (κ1) is 44.5. The van der Waals surface area contributed by atoms with Gasteiger partial charge >= 0.3 is 11.9 Å². The Labute approximate surface area is 296 Å². The van der Waals surface area contributed by atoms with Crippen LogP contribution < -0.4 is 5.32 Å². The molecule has 0 aliphatic rings. The summed E-state index contributed by atoms with van der Waals surface area (Å²) in [5.41, 5.74) is 0.811. The second-order valence-corrected chi connectivity index (χ2v) is 12.7. The van der Waals surface area contributed by atoms with E-state index in [-0.39, 0.29) is 26.1 Å². The van der Waals surface area contributed by atoms with Crippen molar-refractivity contribution in [1.82, 2.24) is 5.32 Å².